The van der Waals surface area contributed by atoms with Crippen LogP contribution in [0.5, 0.6) is 5.75 Å². The number of phenols is 1. The average Bonchev–Trinajstić information content (AvgIpc) is 3.14. The van der Waals surface area contributed by atoms with Crippen molar-refractivity contribution in [3.63, 3.8) is 0 Å². The maximum Gasteiger partial charge on any atom is 1.00 e. The fourth-order valence-electron chi connectivity index (χ4n) is 2.97. The molecule has 0 fully saturated rings. The van der Waals surface area contributed by atoms with Gasteiger partial charge in [0, 0.05) is 16.0 Å². The molecule has 0 aliphatic carbocycles. The molecule has 2 atom stereocenters. The number of carboxylic acid groups (broad SMARTS) is 1. The second kappa shape index (κ2) is 13.6. The number of amides is 1. The minimum Gasteiger partial charge on any atom is -0.543 e. The summed E-state index contributed by atoms with van der Waals surface area (Å²) in [5.74, 6) is -2.19. The van der Waals surface area contributed by atoms with Crippen LogP contribution in [0.2, 0.25) is 0 Å². The van der Waals surface area contributed by atoms with Crippen LogP contribution in [0.25, 0.3) is 10.8 Å². The second-order valence-electron chi connectivity index (χ2n) is 6.76. The maximum atomic E-state index is 11.8. The molecule has 1 aliphatic heterocycles. The molecule has 0 saturated heterocycles. The van der Waals surface area contributed by atoms with Crippen molar-refractivity contribution in [2.45, 2.75) is 15.8 Å². The summed E-state index contributed by atoms with van der Waals surface area (Å²) < 4.78 is 19.8. The number of aromatic hydroxyl groups is 1. The van der Waals surface area contributed by atoms with E-state index in [1.807, 2.05) is 0 Å². The van der Waals surface area contributed by atoms with Gasteiger partial charge in [-0.1, -0.05) is 0 Å². The molecular weight excluding hydrogens is 566 g/mol. The van der Waals surface area contributed by atoms with Gasteiger partial charge in [0.05, 0.1) is 52.3 Å². The molecule has 0 spiro atoms. The van der Waals surface area contributed by atoms with Crippen LogP contribution in [0.4, 0.5) is 11.4 Å². The van der Waals surface area contributed by atoms with E-state index in [2.05, 4.69) is 12.6 Å². The third-order valence-corrected chi connectivity index (χ3v) is 6.37. The number of phenolic OH excluding ortho intramolecular Hbond substituents is 1. The number of carbonyl (C=O) groups is 2. The first kappa shape index (κ1) is 30.3. The van der Waals surface area contributed by atoms with Crippen molar-refractivity contribution in [1.82, 2.24) is 0 Å². The summed E-state index contributed by atoms with van der Waals surface area (Å²) in [7, 11) is 0. The molecule has 0 aromatic heterocycles. The Labute approximate surface area is 243 Å². The van der Waals surface area contributed by atoms with Crippen LogP contribution in [0.15, 0.2) is 69.5 Å². The quantitative estimate of drug-likeness (QED) is 0.185. The van der Waals surface area contributed by atoms with E-state index in [0.717, 1.165) is 17.1 Å². The topological polar surface area (TPSA) is 181 Å². The molecule has 3 aromatic carbocycles. The Balaban J connectivity index is 0.000000250. The van der Waals surface area contributed by atoms with Gasteiger partial charge in [-0.3, -0.25) is 4.79 Å². The molecule has 0 saturated carbocycles. The van der Waals surface area contributed by atoms with Crippen molar-refractivity contribution < 1.29 is 61.0 Å². The fourth-order valence-corrected chi connectivity index (χ4v) is 4.23. The Kier molecular flexibility index (Phi) is 11.4. The van der Waals surface area contributed by atoms with Crippen LogP contribution in [0, 0.1) is 0 Å². The minimum atomic E-state index is -1.80. The van der Waals surface area contributed by atoms with E-state index in [4.69, 9.17) is 35.2 Å². The summed E-state index contributed by atoms with van der Waals surface area (Å²) in [6, 6.07) is 13.1. The first-order valence-electron chi connectivity index (χ1n) is 9.34. The van der Waals surface area contributed by atoms with Gasteiger partial charge in [-0.15, -0.1) is 0 Å². The number of hydrazone groups is 1. The summed E-state index contributed by atoms with van der Waals surface area (Å²) in [5.41, 5.74) is 11.5. The van der Waals surface area contributed by atoms with Crippen molar-refractivity contribution >= 4 is 86.6 Å². The average molecular weight is 581 g/mol. The molecule has 16 heteroatoms. The molecule has 3 aromatic rings. The van der Waals surface area contributed by atoms with Gasteiger partial charge < -0.3 is 26.5 Å². The summed E-state index contributed by atoms with van der Waals surface area (Å²) in [6.45, 7) is 0. The van der Waals surface area contributed by atoms with Crippen molar-refractivity contribution in [1.29, 1.82) is 0 Å². The third-order valence-electron chi connectivity index (χ3n) is 4.57. The number of rotatable bonds is 6. The number of nitrogens with two attached hydrogens (primary N) is 2. The normalized spacial score (nSPS) is 15.5. The van der Waals surface area contributed by atoms with Gasteiger partial charge in [0.1, 0.15) is 17.5 Å². The molecule has 0 radical (unpaired) electrons. The number of anilines is 2. The van der Waals surface area contributed by atoms with Crippen LogP contribution in [0.3, 0.4) is 0 Å². The number of aliphatic carboxylic acids is 1. The van der Waals surface area contributed by atoms with E-state index < -0.39 is 34.7 Å². The zero-order chi connectivity index (χ0) is 25.7. The smallest absolute Gasteiger partial charge is 0.543 e. The van der Waals surface area contributed by atoms with Crippen molar-refractivity contribution in [3.8, 4) is 5.75 Å². The molecule has 11 nitrogen and oxygen atoms in total. The van der Waals surface area contributed by atoms with E-state index in [1.165, 1.54) is 6.07 Å². The number of fused-ring (bicyclic) bond motifs is 1. The Bertz CT molecular complexity index is 1330. The van der Waals surface area contributed by atoms with E-state index >= 15 is 0 Å². The summed E-state index contributed by atoms with van der Waals surface area (Å²) >= 11 is 9.23. The van der Waals surface area contributed by atoms with Gasteiger partial charge in [0.2, 0.25) is 11.1 Å². The molecule has 2 unspecified atom stereocenters. The van der Waals surface area contributed by atoms with Crippen molar-refractivity contribution in [2.24, 2.45) is 10.8 Å². The van der Waals surface area contributed by atoms with E-state index in [-0.39, 0.29) is 40.2 Å². The van der Waals surface area contributed by atoms with Gasteiger partial charge in [0.15, 0.2) is 0 Å². The van der Waals surface area contributed by atoms with Crippen LogP contribution in [-0.2, 0) is 28.1 Å². The molecule has 36 heavy (non-hydrogen) atoms. The van der Waals surface area contributed by atoms with Gasteiger partial charge >= 0.3 is 29.6 Å². The van der Waals surface area contributed by atoms with Gasteiger partial charge in [0.25, 0.3) is 5.91 Å². The van der Waals surface area contributed by atoms with Crippen molar-refractivity contribution in [2.75, 3.05) is 10.7 Å². The SMILES string of the molecule is NC1C(=O)N(c2ccc(SOCl)cc2)N=C1C(=O)[O-].Nc1ccc2c(O)cc(S(=O)OCl)cc2c1.[Na+]. The van der Waals surface area contributed by atoms with Crippen LogP contribution >= 0.6 is 35.8 Å². The fraction of sp³-hybridized carbons (Fsp3) is 0.0500. The van der Waals surface area contributed by atoms with Crippen LogP contribution in [0.1, 0.15) is 0 Å². The Morgan fingerprint density at radius 3 is 2.39 bits per heavy atom. The number of nitrogen functional groups attached to an aromatic ring is 1. The molecule has 1 amide bonds. The largest absolute Gasteiger partial charge is 1.00 e. The second-order valence-corrected chi connectivity index (χ2v) is 9.35. The van der Waals surface area contributed by atoms with E-state index in [0.29, 0.717) is 27.0 Å². The standard InChI is InChI=1S/C10H8ClN3O4S.C10H8ClNO3S.Na/c11-18-19-6-3-1-5(2-4-6)14-9(15)7(12)8(13-14)10(16)17;11-15-16(14)8-4-6-3-7(12)1-2-9(6)10(13)5-8;/h1-4,7H,12H2,(H,16,17);1-5,13H,12H2;/q;;+1/p-1. The number of benzene rings is 3. The van der Waals surface area contributed by atoms with Gasteiger partial charge in [-0.2, -0.15) is 13.8 Å². The predicted molar refractivity (Wildman–Crippen MR) is 131 cm³/mol. The monoisotopic (exact) mass is 580 g/mol. The zero-order valence-corrected chi connectivity index (χ0v) is 23.4. The molecular formula is C20H15Cl2N4NaO7S2. The van der Waals surface area contributed by atoms with E-state index in [9.17, 15) is 24.0 Å². The minimum absolute atomic E-state index is 0. The first-order valence-corrected chi connectivity index (χ1v) is 11.8. The molecule has 4 rings (SSSR count). The Hall–Kier alpha value is -1.91. The predicted octanol–water partition coefficient (Wildman–Crippen LogP) is -1.03. The van der Waals surface area contributed by atoms with E-state index in [1.54, 1.807) is 48.5 Å². The molecule has 184 valence electrons. The molecule has 0 bridgehead atoms. The third kappa shape index (κ3) is 7.10. The zero-order valence-electron chi connectivity index (χ0n) is 18.3. The molecule has 5 N–H and O–H groups in total. The first-order chi connectivity index (χ1) is 16.7. The Morgan fingerprint density at radius 1 is 1.17 bits per heavy atom. The number of carboxylic acids is 1. The maximum absolute atomic E-state index is 11.8. The summed E-state index contributed by atoms with van der Waals surface area (Å²) in [6.07, 6.45) is 0. The Morgan fingerprint density at radius 2 is 1.83 bits per heavy atom. The summed E-state index contributed by atoms with van der Waals surface area (Å²) in [4.78, 5) is 23.5. The number of halogens is 2. The number of nitrogens with zero attached hydrogens (tertiary/aromatic N) is 2. The number of carbonyl (C=O) groups excluding carboxylic acids is 2. The molecule has 1 heterocycles. The van der Waals surface area contributed by atoms with Gasteiger partial charge in [-0.05, 0) is 60.0 Å². The van der Waals surface area contributed by atoms with Crippen LogP contribution in [-0.4, -0.2) is 32.9 Å². The number of hydrogen-bond acceptors (Lipinski definition) is 11. The van der Waals surface area contributed by atoms with Crippen LogP contribution < -0.4 is 51.1 Å². The molecule has 1 aliphatic rings. The summed E-state index contributed by atoms with van der Waals surface area (Å²) in [5, 5.41) is 26.3. The van der Waals surface area contributed by atoms with Gasteiger partial charge in [-0.25, -0.2) is 7.94 Å². The van der Waals surface area contributed by atoms with Crippen molar-refractivity contribution in [3.05, 3.63) is 54.6 Å². The number of hydrogen-bond donors (Lipinski definition) is 3.